The third kappa shape index (κ3) is 2.75. The molecule has 22 heavy (non-hydrogen) atoms. The van der Waals surface area contributed by atoms with Crippen LogP contribution in [0.15, 0.2) is 27.1 Å². The Morgan fingerprint density at radius 1 is 1.36 bits per heavy atom. The van der Waals surface area contributed by atoms with Crippen molar-refractivity contribution in [3.8, 4) is 0 Å². The Kier molecular flexibility index (Phi) is 3.72. The Morgan fingerprint density at radius 2 is 2.09 bits per heavy atom. The van der Waals surface area contributed by atoms with Gasteiger partial charge in [0.15, 0.2) is 5.76 Å². The molecule has 3 rings (SSSR count). The van der Waals surface area contributed by atoms with Gasteiger partial charge in [0.2, 0.25) is 0 Å². The van der Waals surface area contributed by atoms with Gasteiger partial charge in [0.1, 0.15) is 5.58 Å². The van der Waals surface area contributed by atoms with Crippen LogP contribution in [0.3, 0.4) is 0 Å². The lowest BCUT2D eigenvalue weighted by Crippen LogP contribution is -2.54. The van der Waals surface area contributed by atoms with Crippen LogP contribution in [-0.2, 0) is 4.79 Å². The predicted molar refractivity (Wildman–Crippen MR) is 85.0 cm³/mol. The van der Waals surface area contributed by atoms with E-state index >= 15 is 0 Å². The molecule has 1 saturated carbocycles. The summed E-state index contributed by atoms with van der Waals surface area (Å²) in [5, 5.41) is 12.7. The van der Waals surface area contributed by atoms with E-state index in [0.29, 0.717) is 18.4 Å². The molecule has 0 bridgehead atoms. The topological polar surface area (TPSA) is 79.5 Å². The van der Waals surface area contributed by atoms with Crippen LogP contribution in [0.2, 0.25) is 0 Å². The third-order valence-corrected chi connectivity index (χ3v) is 4.63. The van der Waals surface area contributed by atoms with Crippen LogP contribution in [0.5, 0.6) is 0 Å². The minimum atomic E-state index is -0.899. The summed E-state index contributed by atoms with van der Waals surface area (Å²) < 4.78 is 6.58. The highest BCUT2D eigenvalue weighted by atomic mass is 79.9. The number of nitrogens with one attached hydrogen (secondary N) is 1. The smallest absolute Gasteiger partial charge is 0.305 e. The SMILES string of the molecule is Cc1cc(Br)cc2cc(C(=O)NC3(CC(=O)O)CCC3)oc12. The molecule has 5 nitrogen and oxygen atoms in total. The van der Waals surface area contributed by atoms with Crippen LogP contribution in [0, 0.1) is 6.92 Å². The van der Waals surface area contributed by atoms with E-state index in [2.05, 4.69) is 21.2 Å². The van der Waals surface area contributed by atoms with E-state index in [-0.39, 0.29) is 18.1 Å². The first-order chi connectivity index (χ1) is 10.4. The van der Waals surface area contributed by atoms with Gasteiger partial charge in [-0.2, -0.15) is 0 Å². The highest BCUT2D eigenvalue weighted by Crippen LogP contribution is 2.35. The summed E-state index contributed by atoms with van der Waals surface area (Å²) in [6, 6.07) is 5.50. The zero-order valence-corrected chi connectivity index (χ0v) is 13.7. The van der Waals surface area contributed by atoms with Crippen molar-refractivity contribution in [2.24, 2.45) is 0 Å². The van der Waals surface area contributed by atoms with E-state index in [0.717, 1.165) is 21.8 Å². The van der Waals surface area contributed by atoms with Crippen LogP contribution >= 0.6 is 15.9 Å². The number of aryl methyl sites for hydroxylation is 1. The van der Waals surface area contributed by atoms with E-state index in [4.69, 9.17) is 9.52 Å². The van der Waals surface area contributed by atoms with Gasteiger partial charge in [-0.15, -0.1) is 0 Å². The number of benzene rings is 1. The molecule has 0 unspecified atom stereocenters. The number of furan rings is 1. The largest absolute Gasteiger partial charge is 0.481 e. The standard InChI is InChI=1S/C16H16BrNO4/c1-9-5-11(17)6-10-7-12(22-14(9)10)15(21)18-16(3-2-4-16)8-13(19)20/h5-7H,2-4,8H2,1H3,(H,18,21)(H,19,20). The molecule has 1 aromatic heterocycles. The average molecular weight is 366 g/mol. The first kappa shape index (κ1) is 15.1. The molecule has 116 valence electrons. The van der Waals surface area contributed by atoms with Crippen LogP contribution in [0.25, 0.3) is 11.0 Å². The molecular formula is C16H16BrNO4. The summed E-state index contributed by atoms with van der Waals surface area (Å²) >= 11 is 3.42. The zero-order chi connectivity index (χ0) is 15.9. The lowest BCUT2D eigenvalue weighted by atomic mass is 9.74. The quantitative estimate of drug-likeness (QED) is 0.866. The number of rotatable bonds is 4. The van der Waals surface area contributed by atoms with Crippen molar-refractivity contribution in [2.45, 2.75) is 38.1 Å². The van der Waals surface area contributed by atoms with E-state index in [1.54, 1.807) is 6.07 Å². The number of hydrogen-bond acceptors (Lipinski definition) is 3. The molecule has 2 aromatic rings. The van der Waals surface area contributed by atoms with Gasteiger partial charge in [-0.05, 0) is 49.9 Å². The maximum atomic E-state index is 12.4. The maximum absolute atomic E-state index is 12.4. The fourth-order valence-electron chi connectivity index (χ4n) is 2.94. The van der Waals surface area contributed by atoms with Crippen molar-refractivity contribution in [1.82, 2.24) is 5.32 Å². The zero-order valence-electron chi connectivity index (χ0n) is 12.1. The summed E-state index contributed by atoms with van der Waals surface area (Å²) in [7, 11) is 0. The van der Waals surface area contributed by atoms with Gasteiger partial charge in [-0.1, -0.05) is 15.9 Å². The van der Waals surface area contributed by atoms with Gasteiger partial charge in [-0.25, -0.2) is 0 Å². The lowest BCUT2D eigenvalue weighted by molar-refractivity contribution is -0.139. The van der Waals surface area contributed by atoms with Gasteiger partial charge >= 0.3 is 5.97 Å². The molecule has 1 aliphatic rings. The molecule has 0 saturated heterocycles. The minimum Gasteiger partial charge on any atom is -0.481 e. The maximum Gasteiger partial charge on any atom is 0.305 e. The molecule has 1 aliphatic carbocycles. The van der Waals surface area contributed by atoms with E-state index in [9.17, 15) is 9.59 Å². The van der Waals surface area contributed by atoms with Crippen molar-refractivity contribution >= 4 is 38.8 Å². The van der Waals surface area contributed by atoms with E-state index < -0.39 is 11.5 Å². The second-order valence-electron chi connectivity index (χ2n) is 5.91. The number of carbonyl (C=O) groups excluding carboxylic acids is 1. The van der Waals surface area contributed by atoms with Gasteiger partial charge in [0.05, 0.1) is 12.0 Å². The molecule has 0 atom stereocenters. The molecule has 0 spiro atoms. The molecule has 6 heteroatoms. The Bertz CT molecular complexity index is 761. The molecule has 1 heterocycles. The van der Waals surface area contributed by atoms with Gasteiger partial charge in [-0.3, -0.25) is 9.59 Å². The summed E-state index contributed by atoms with van der Waals surface area (Å²) in [4.78, 5) is 23.4. The van der Waals surface area contributed by atoms with Crippen LogP contribution in [-0.4, -0.2) is 22.5 Å². The summed E-state index contributed by atoms with van der Waals surface area (Å²) in [5.74, 6) is -1.04. The number of carboxylic acid groups (broad SMARTS) is 1. The van der Waals surface area contributed by atoms with Crippen LogP contribution in [0.4, 0.5) is 0 Å². The number of carboxylic acids is 1. The first-order valence-electron chi connectivity index (χ1n) is 7.13. The van der Waals surface area contributed by atoms with Crippen molar-refractivity contribution in [3.63, 3.8) is 0 Å². The van der Waals surface area contributed by atoms with Crippen molar-refractivity contribution < 1.29 is 19.1 Å². The Hall–Kier alpha value is -1.82. The fourth-order valence-corrected chi connectivity index (χ4v) is 3.53. The average Bonchev–Trinajstić information content (AvgIpc) is 2.79. The van der Waals surface area contributed by atoms with Crippen LogP contribution in [0.1, 0.15) is 41.8 Å². The predicted octanol–water partition coefficient (Wildman–Crippen LogP) is 3.63. The number of halogens is 1. The van der Waals surface area contributed by atoms with Crippen molar-refractivity contribution in [3.05, 3.63) is 34.0 Å². The van der Waals surface area contributed by atoms with Crippen LogP contribution < -0.4 is 5.32 Å². The third-order valence-electron chi connectivity index (χ3n) is 4.17. The van der Waals surface area contributed by atoms with Gasteiger partial charge in [0, 0.05) is 9.86 Å². The summed E-state index contributed by atoms with van der Waals surface area (Å²) in [5.41, 5.74) is 0.985. The Morgan fingerprint density at radius 3 is 2.68 bits per heavy atom. The van der Waals surface area contributed by atoms with Crippen molar-refractivity contribution in [1.29, 1.82) is 0 Å². The second-order valence-corrected chi connectivity index (χ2v) is 6.83. The van der Waals surface area contributed by atoms with Gasteiger partial charge < -0.3 is 14.8 Å². The molecule has 2 N–H and O–H groups in total. The van der Waals surface area contributed by atoms with Crippen molar-refractivity contribution in [2.75, 3.05) is 0 Å². The number of fused-ring (bicyclic) bond motifs is 1. The molecule has 1 aromatic carbocycles. The number of hydrogen-bond donors (Lipinski definition) is 2. The second kappa shape index (κ2) is 5.43. The van der Waals surface area contributed by atoms with Gasteiger partial charge in [0.25, 0.3) is 5.91 Å². The molecule has 1 fully saturated rings. The fraction of sp³-hybridized carbons (Fsp3) is 0.375. The van der Waals surface area contributed by atoms with E-state index in [1.165, 1.54) is 0 Å². The summed E-state index contributed by atoms with van der Waals surface area (Å²) in [6.45, 7) is 1.91. The minimum absolute atomic E-state index is 0.0520. The summed E-state index contributed by atoms with van der Waals surface area (Å²) in [6.07, 6.45) is 2.26. The Labute approximate surface area is 135 Å². The highest BCUT2D eigenvalue weighted by Gasteiger charge is 2.41. The Balaban J connectivity index is 1.86. The molecule has 1 amide bonds. The first-order valence-corrected chi connectivity index (χ1v) is 7.92. The monoisotopic (exact) mass is 365 g/mol. The highest BCUT2D eigenvalue weighted by molar-refractivity contribution is 9.10. The number of carbonyl (C=O) groups is 2. The molecule has 0 aliphatic heterocycles. The normalized spacial score (nSPS) is 16.3. The lowest BCUT2D eigenvalue weighted by Gasteiger charge is -2.41. The van der Waals surface area contributed by atoms with E-state index in [1.807, 2.05) is 19.1 Å². The molecular weight excluding hydrogens is 350 g/mol. The number of aliphatic carboxylic acids is 1. The number of amides is 1. The molecule has 0 radical (unpaired) electrons.